The van der Waals surface area contributed by atoms with Crippen LogP contribution in [0.15, 0.2) is 48.5 Å². The van der Waals surface area contributed by atoms with E-state index in [-0.39, 0.29) is 5.91 Å². The van der Waals surface area contributed by atoms with Crippen LogP contribution in [0.2, 0.25) is 0 Å². The summed E-state index contributed by atoms with van der Waals surface area (Å²) >= 11 is 0. The number of nitrogens with zero attached hydrogens (tertiary/aromatic N) is 1. The third kappa shape index (κ3) is 2.83. The molecule has 4 nitrogen and oxygen atoms in total. The lowest BCUT2D eigenvalue weighted by atomic mass is 10.1. The summed E-state index contributed by atoms with van der Waals surface area (Å²) in [5.74, 6) is 0.590. The standard InChI is InChI=1S/C18H19NO3/c1-21-12-13-22-17-9-5-3-7-15(17)18(20)19-11-10-14-6-2-4-8-16(14)19/h2-9H,10-13H2,1H3. The van der Waals surface area contributed by atoms with Crippen LogP contribution in [0.3, 0.4) is 0 Å². The lowest BCUT2D eigenvalue weighted by molar-refractivity contribution is 0.0981. The van der Waals surface area contributed by atoms with Gasteiger partial charge in [0.15, 0.2) is 0 Å². The van der Waals surface area contributed by atoms with Crippen LogP contribution in [-0.4, -0.2) is 32.8 Å². The van der Waals surface area contributed by atoms with Gasteiger partial charge in [0.05, 0.1) is 12.2 Å². The van der Waals surface area contributed by atoms with E-state index in [1.807, 2.05) is 47.4 Å². The molecule has 1 heterocycles. The number of benzene rings is 2. The van der Waals surface area contributed by atoms with Gasteiger partial charge in [0.25, 0.3) is 5.91 Å². The summed E-state index contributed by atoms with van der Waals surface area (Å²) in [6.45, 7) is 1.64. The number of fused-ring (bicyclic) bond motifs is 1. The second-order valence-electron chi connectivity index (χ2n) is 5.17. The Kier molecular flexibility index (Phi) is 4.39. The zero-order chi connectivity index (χ0) is 15.4. The number of anilines is 1. The van der Waals surface area contributed by atoms with E-state index in [0.717, 1.165) is 12.1 Å². The first-order valence-electron chi connectivity index (χ1n) is 7.42. The third-order valence-electron chi connectivity index (χ3n) is 3.79. The second kappa shape index (κ2) is 6.62. The lowest BCUT2D eigenvalue weighted by Crippen LogP contribution is -2.29. The average Bonchev–Trinajstić information content (AvgIpc) is 2.99. The van der Waals surface area contributed by atoms with Crippen molar-refractivity contribution >= 4 is 11.6 Å². The number of ether oxygens (including phenoxy) is 2. The van der Waals surface area contributed by atoms with Crippen molar-refractivity contribution in [1.29, 1.82) is 0 Å². The largest absolute Gasteiger partial charge is 0.490 e. The smallest absolute Gasteiger partial charge is 0.262 e. The molecule has 2 aromatic carbocycles. The summed E-state index contributed by atoms with van der Waals surface area (Å²) in [5.41, 5.74) is 2.81. The van der Waals surface area contributed by atoms with Gasteiger partial charge in [-0.2, -0.15) is 0 Å². The molecule has 3 rings (SSSR count). The van der Waals surface area contributed by atoms with Crippen LogP contribution in [0.25, 0.3) is 0 Å². The van der Waals surface area contributed by atoms with Crippen LogP contribution in [0.4, 0.5) is 5.69 Å². The van der Waals surface area contributed by atoms with Gasteiger partial charge in [0.1, 0.15) is 12.4 Å². The fourth-order valence-electron chi connectivity index (χ4n) is 2.70. The molecule has 0 spiro atoms. The fraction of sp³-hybridized carbons (Fsp3) is 0.278. The number of carbonyl (C=O) groups is 1. The molecule has 0 bridgehead atoms. The third-order valence-corrected chi connectivity index (χ3v) is 3.79. The van der Waals surface area contributed by atoms with Crippen LogP contribution >= 0.6 is 0 Å². The van der Waals surface area contributed by atoms with Gasteiger partial charge in [-0.05, 0) is 30.2 Å². The van der Waals surface area contributed by atoms with Crippen molar-refractivity contribution in [2.24, 2.45) is 0 Å². The van der Waals surface area contributed by atoms with Gasteiger partial charge in [-0.15, -0.1) is 0 Å². The molecule has 114 valence electrons. The molecule has 1 aliphatic heterocycles. The molecule has 0 unspecified atom stereocenters. The van der Waals surface area contributed by atoms with Crippen molar-refractivity contribution in [2.45, 2.75) is 6.42 Å². The van der Waals surface area contributed by atoms with Gasteiger partial charge >= 0.3 is 0 Å². The van der Waals surface area contributed by atoms with Crippen LogP contribution in [0.1, 0.15) is 15.9 Å². The van der Waals surface area contributed by atoms with Crippen LogP contribution in [0.5, 0.6) is 5.75 Å². The Labute approximate surface area is 130 Å². The van der Waals surface area contributed by atoms with E-state index in [9.17, 15) is 4.79 Å². The predicted octanol–water partition coefficient (Wildman–Crippen LogP) is 2.91. The topological polar surface area (TPSA) is 38.8 Å². The van der Waals surface area contributed by atoms with E-state index in [2.05, 4.69) is 6.07 Å². The van der Waals surface area contributed by atoms with Crippen molar-refractivity contribution in [3.05, 3.63) is 59.7 Å². The molecule has 22 heavy (non-hydrogen) atoms. The minimum absolute atomic E-state index is 0.0158. The van der Waals surface area contributed by atoms with E-state index < -0.39 is 0 Å². The van der Waals surface area contributed by atoms with E-state index in [1.54, 1.807) is 7.11 Å². The molecule has 0 fully saturated rings. The second-order valence-corrected chi connectivity index (χ2v) is 5.17. The van der Waals surface area contributed by atoms with Crippen LogP contribution in [0, 0.1) is 0 Å². The monoisotopic (exact) mass is 297 g/mol. The summed E-state index contributed by atoms with van der Waals surface area (Å²) in [6.07, 6.45) is 0.897. The Bertz CT molecular complexity index is 669. The maximum absolute atomic E-state index is 12.9. The average molecular weight is 297 g/mol. The quantitative estimate of drug-likeness (QED) is 0.797. The SMILES string of the molecule is COCCOc1ccccc1C(=O)N1CCc2ccccc21. The van der Waals surface area contributed by atoms with Crippen molar-refractivity contribution in [3.8, 4) is 5.75 Å². The number of amides is 1. The van der Waals surface area contributed by atoms with Crippen molar-refractivity contribution < 1.29 is 14.3 Å². The van der Waals surface area contributed by atoms with E-state index >= 15 is 0 Å². The summed E-state index contributed by atoms with van der Waals surface area (Å²) in [7, 11) is 1.63. The van der Waals surface area contributed by atoms with Crippen molar-refractivity contribution in [2.75, 3.05) is 31.8 Å². The molecule has 2 aromatic rings. The molecule has 0 N–H and O–H groups in total. The Hall–Kier alpha value is -2.33. The molecule has 4 heteroatoms. The molecule has 0 aliphatic carbocycles. The summed E-state index contributed by atoms with van der Waals surface area (Å²) in [4.78, 5) is 14.7. The molecule has 0 radical (unpaired) electrons. The highest BCUT2D eigenvalue weighted by Gasteiger charge is 2.26. The van der Waals surface area contributed by atoms with E-state index in [4.69, 9.17) is 9.47 Å². The van der Waals surface area contributed by atoms with Gasteiger partial charge < -0.3 is 14.4 Å². The molecule has 0 atom stereocenters. The minimum atomic E-state index is -0.0158. The van der Waals surface area contributed by atoms with E-state index in [1.165, 1.54) is 5.56 Å². The molecule has 0 saturated heterocycles. The highest BCUT2D eigenvalue weighted by molar-refractivity contribution is 6.08. The number of hydrogen-bond donors (Lipinski definition) is 0. The first-order valence-corrected chi connectivity index (χ1v) is 7.42. The number of hydrogen-bond acceptors (Lipinski definition) is 3. The zero-order valence-electron chi connectivity index (χ0n) is 12.6. The minimum Gasteiger partial charge on any atom is -0.490 e. The van der Waals surface area contributed by atoms with Crippen LogP contribution in [-0.2, 0) is 11.2 Å². The Morgan fingerprint density at radius 2 is 1.86 bits per heavy atom. The van der Waals surface area contributed by atoms with Crippen molar-refractivity contribution in [1.82, 2.24) is 0 Å². The Balaban J connectivity index is 1.84. The molecule has 1 amide bonds. The first kappa shape index (κ1) is 14.6. The van der Waals surface area contributed by atoms with Crippen LogP contribution < -0.4 is 9.64 Å². The number of rotatable bonds is 5. The summed E-state index contributed by atoms with van der Waals surface area (Å²) in [5, 5.41) is 0. The van der Waals surface area contributed by atoms with Gasteiger partial charge in [0, 0.05) is 19.3 Å². The predicted molar refractivity (Wildman–Crippen MR) is 85.6 cm³/mol. The van der Waals surface area contributed by atoms with Gasteiger partial charge in [0.2, 0.25) is 0 Å². The van der Waals surface area contributed by atoms with Gasteiger partial charge in [-0.3, -0.25) is 4.79 Å². The maximum atomic E-state index is 12.9. The van der Waals surface area contributed by atoms with Gasteiger partial charge in [-0.1, -0.05) is 30.3 Å². The summed E-state index contributed by atoms with van der Waals surface area (Å²) < 4.78 is 10.7. The molecule has 0 aromatic heterocycles. The number of para-hydroxylation sites is 2. The highest BCUT2D eigenvalue weighted by Crippen LogP contribution is 2.30. The molecular weight excluding hydrogens is 278 g/mol. The highest BCUT2D eigenvalue weighted by atomic mass is 16.5. The summed E-state index contributed by atoms with van der Waals surface area (Å²) in [6, 6.07) is 15.4. The number of methoxy groups -OCH3 is 1. The molecular formula is C18H19NO3. The maximum Gasteiger partial charge on any atom is 0.262 e. The normalized spacial score (nSPS) is 13.0. The van der Waals surface area contributed by atoms with Crippen molar-refractivity contribution in [3.63, 3.8) is 0 Å². The van der Waals surface area contributed by atoms with E-state index in [0.29, 0.717) is 31.1 Å². The Morgan fingerprint density at radius 3 is 2.73 bits per heavy atom. The van der Waals surface area contributed by atoms with Gasteiger partial charge in [-0.25, -0.2) is 0 Å². The number of carbonyl (C=O) groups excluding carboxylic acids is 1. The lowest BCUT2D eigenvalue weighted by Gasteiger charge is -2.19. The Morgan fingerprint density at radius 1 is 1.09 bits per heavy atom. The fourth-order valence-corrected chi connectivity index (χ4v) is 2.70. The molecule has 0 saturated carbocycles. The zero-order valence-corrected chi connectivity index (χ0v) is 12.6. The molecule has 1 aliphatic rings. The first-order chi connectivity index (χ1) is 10.8.